The molecule has 76 valence electrons. The smallest absolute Gasteiger partial charge is 0.210 e. The van der Waals surface area contributed by atoms with Crippen molar-refractivity contribution in [1.82, 2.24) is 0 Å². The number of alkyl halides is 1. The van der Waals surface area contributed by atoms with Gasteiger partial charge in [-0.1, -0.05) is 0 Å². The molecule has 0 fully saturated rings. The van der Waals surface area contributed by atoms with Crippen LogP contribution in [-0.4, -0.2) is 17.5 Å². The SMILES string of the molecule is CSC(F)C(=O)c1ccc(F)cc1F. The van der Waals surface area contributed by atoms with Crippen molar-refractivity contribution in [3.05, 3.63) is 35.4 Å². The number of ketones is 1. The molecule has 5 heteroatoms. The van der Waals surface area contributed by atoms with E-state index in [-0.39, 0.29) is 0 Å². The number of thioether (sulfide) groups is 1. The van der Waals surface area contributed by atoms with Crippen LogP contribution in [0.2, 0.25) is 0 Å². The van der Waals surface area contributed by atoms with E-state index < -0.39 is 28.5 Å². The molecule has 1 aromatic rings. The van der Waals surface area contributed by atoms with Crippen molar-refractivity contribution in [2.24, 2.45) is 0 Å². The fourth-order valence-electron chi connectivity index (χ4n) is 0.919. The van der Waals surface area contributed by atoms with Crippen LogP contribution in [0.3, 0.4) is 0 Å². The second-order valence-electron chi connectivity index (χ2n) is 2.54. The summed E-state index contributed by atoms with van der Waals surface area (Å²) in [5.41, 5.74) is -2.23. The molecule has 0 aromatic heterocycles. The van der Waals surface area contributed by atoms with Crippen molar-refractivity contribution in [3.63, 3.8) is 0 Å². The first-order valence-electron chi connectivity index (χ1n) is 3.72. The van der Waals surface area contributed by atoms with Gasteiger partial charge >= 0.3 is 0 Å². The zero-order chi connectivity index (χ0) is 10.7. The minimum Gasteiger partial charge on any atom is -0.290 e. The summed E-state index contributed by atoms with van der Waals surface area (Å²) in [6.45, 7) is 0. The Hall–Kier alpha value is -0.970. The van der Waals surface area contributed by atoms with Gasteiger partial charge in [-0.25, -0.2) is 13.2 Å². The molecule has 0 aliphatic rings. The van der Waals surface area contributed by atoms with E-state index in [9.17, 15) is 18.0 Å². The third kappa shape index (κ3) is 2.29. The van der Waals surface area contributed by atoms with Crippen LogP contribution < -0.4 is 0 Å². The Bertz CT molecular complexity index is 354. The topological polar surface area (TPSA) is 17.1 Å². The van der Waals surface area contributed by atoms with Gasteiger partial charge in [0.25, 0.3) is 0 Å². The Balaban J connectivity index is 3.02. The van der Waals surface area contributed by atoms with Crippen molar-refractivity contribution in [3.8, 4) is 0 Å². The molecular formula is C9H7F3OS. The first-order valence-corrected chi connectivity index (χ1v) is 5.01. The van der Waals surface area contributed by atoms with Gasteiger partial charge in [0, 0.05) is 6.07 Å². The lowest BCUT2D eigenvalue weighted by atomic mass is 10.1. The van der Waals surface area contributed by atoms with Gasteiger partial charge in [0.15, 0.2) is 0 Å². The van der Waals surface area contributed by atoms with Crippen molar-refractivity contribution in [2.45, 2.75) is 5.50 Å². The van der Waals surface area contributed by atoms with E-state index in [1.165, 1.54) is 6.26 Å². The number of benzene rings is 1. The largest absolute Gasteiger partial charge is 0.290 e. The molecule has 14 heavy (non-hydrogen) atoms. The fraction of sp³-hybridized carbons (Fsp3) is 0.222. The van der Waals surface area contributed by atoms with Gasteiger partial charge in [0.1, 0.15) is 11.6 Å². The summed E-state index contributed by atoms with van der Waals surface area (Å²) < 4.78 is 38.2. The van der Waals surface area contributed by atoms with Crippen LogP contribution in [0, 0.1) is 11.6 Å². The quantitative estimate of drug-likeness (QED) is 0.728. The van der Waals surface area contributed by atoms with E-state index in [4.69, 9.17) is 0 Å². The molecule has 0 heterocycles. The number of rotatable bonds is 3. The molecule has 0 spiro atoms. The van der Waals surface area contributed by atoms with E-state index in [0.29, 0.717) is 17.8 Å². The van der Waals surface area contributed by atoms with Crippen LogP contribution in [0.25, 0.3) is 0 Å². The number of hydrogen-bond donors (Lipinski definition) is 0. The molecule has 0 aliphatic heterocycles. The number of halogens is 3. The molecule has 0 amide bonds. The van der Waals surface area contributed by atoms with Crippen LogP contribution >= 0.6 is 11.8 Å². The maximum absolute atomic E-state index is 13.0. The predicted molar refractivity (Wildman–Crippen MR) is 49.1 cm³/mol. The van der Waals surface area contributed by atoms with E-state index in [1.807, 2.05) is 0 Å². The lowest BCUT2D eigenvalue weighted by Crippen LogP contribution is -2.13. The van der Waals surface area contributed by atoms with E-state index >= 15 is 0 Å². The molecule has 1 rings (SSSR count). The van der Waals surface area contributed by atoms with Gasteiger partial charge in [-0.2, -0.15) is 0 Å². The third-order valence-corrected chi connectivity index (χ3v) is 2.24. The Morgan fingerprint density at radius 2 is 2.07 bits per heavy atom. The lowest BCUT2D eigenvalue weighted by Gasteiger charge is -2.04. The van der Waals surface area contributed by atoms with Crippen LogP contribution in [0.15, 0.2) is 18.2 Å². The summed E-state index contributed by atoms with van der Waals surface area (Å²) in [7, 11) is 0. The van der Waals surface area contributed by atoms with E-state index in [2.05, 4.69) is 0 Å². The second kappa shape index (κ2) is 4.50. The van der Waals surface area contributed by atoms with Crippen molar-refractivity contribution in [2.75, 3.05) is 6.26 Å². The predicted octanol–water partition coefficient (Wildman–Crippen LogP) is 2.81. The van der Waals surface area contributed by atoms with E-state index in [1.54, 1.807) is 0 Å². The molecule has 1 aromatic carbocycles. The van der Waals surface area contributed by atoms with Crippen molar-refractivity contribution >= 4 is 17.5 Å². The molecule has 0 N–H and O–H groups in total. The highest BCUT2D eigenvalue weighted by Gasteiger charge is 2.21. The van der Waals surface area contributed by atoms with Crippen molar-refractivity contribution in [1.29, 1.82) is 0 Å². The molecule has 0 radical (unpaired) electrons. The molecule has 0 saturated heterocycles. The average molecular weight is 220 g/mol. The molecule has 0 aliphatic carbocycles. The summed E-state index contributed by atoms with van der Waals surface area (Å²) in [6.07, 6.45) is 1.39. The maximum Gasteiger partial charge on any atom is 0.210 e. The van der Waals surface area contributed by atoms with Crippen LogP contribution in [-0.2, 0) is 0 Å². The van der Waals surface area contributed by atoms with Crippen LogP contribution in [0.5, 0.6) is 0 Å². The lowest BCUT2D eigenvalue weighted by molar-refractivity contribution is 0.0935. The minimum atomic E-state index is -1.81. The van der Waals surface area contributed by atoms with Gasteiger partial charge in [0.05, 0.1) is 5.56 Å². The summed E-state index contributed by atoms with van der Waals surface area (Å²) in [5, 5.41) is 0. The molecule has 1 nitrogen and oxygen atoms in total. The standard InChI is InChI=1S/C9H7F3OS/c1-14-9(12)8(13)6-3-2-5(10)4-7(6)11/h2-4,9H,1H3. The Morgan fingerprint density at radius 1 is 1.43 bits per heavy atom. The Labute approximate surface area is 83.3 Å². The molecular weight excluding hydrogens is 213 g/mol. The highest BCUT2D eigenvalue weighted by Crippen LogP contribution is 2.18. The van der Waals surface area contributed by atoms with Gasteiger partial charge in [-0.05, 0) is 18.4 Å². The number of carbonyl (C=O) groups is 1. The van der Waals surface area contributed by atoms with Gasteiger partial charge in [-0.15, -0.1) is 11.8 Å². The second-order valence-corrected chi connectivity index (χ2v) is 3.43. The fourth-order valence-corrected chi connectivity index (χ4v) is 1.26. The number of hydrogen-bond acceptors (Lipinski definition) is 2. The van der Waals surface area contributed by atoms with E-state index in [0.717, 1.165) is 12.1 Å². The zero-order valence-corrected chi connectivity index (χ0v) is 8.08. The number of carbonyl (C=O) groups excluding carboxylic acids is 1. The summed E-state index contributed by atoms with van der Waals surface area (Å²) in [4.78, 5) is 11.1. The summed E-state index contributed by atoms with van der Waals surface area (Å²) >= 11 is 0.664. The molecule has 0 bridgehead atoms. The monoisotopic (exact) mass is 220 g/mol. The van der Waals surface area contributed by atoms with Gasteiger partial charge < -0.3 is 0 Å². The summed E-state index contributed by atoms with van der Waals surface area (Å²) in [5.74, 6) is -2.81. The van der Waals surface area contributed by atoms with Gasteiger partial charge in [-0.3, -0.25) is 4.79 Å². The van der Waals surface area contributed by atoms with Crippen LogP contribution in [0.4, 0.5) is 13.2 Å². The van der Waals surface area contributed by atoms with Gasteiger partial charge in [0.2, 0.25) is 11.3 Å². The summed E-state index contributed by atoms with van der Waals surface area (Å²) in [6, 6.07) is 2.42. The normalized spacial score (nSPS) is 12.6. The average Bonchev–Trinajstić information content (AvgIpc) is 2.15. The first kappa shape index (κ1) is 11.1. The Kier molecular flexibility index (Phi) is 3.57. The third-order valence-electron chi connectivity index (χ3n) is 1.61. The maximum atomic E-state index is 13.0. The van der Waals surface area contributed by atoms with Crippen molar-refractivity contribution < 1.29 is 18.0 Å². The molecule has 1 unspecified atom stereocenters. The highest BCUT2D eigenvalue weighted by molar-refractivity contribution is 7.99. The minimum absolute atomic E-state index is 0.423. The molecule has 0 saturated carbocycles. The first-order chi connectivity index (χ1) is 6.56. The van der Waals surface area contributed by atoms with Crippen LogP contribution in [0.1, 0.15) is 10.4 Å². The molecule has 1 atom stereocenters. The Morgan fingerprint density at radius 3 is 2.57 bits per heavy atom. The number of Topliss-reactive ketones (excluding diaryl/α,β-unsaturated/α-hetero) is 1. The highest BCUT2D eigenvalue weighted by atomic mass is 32.2. The zero-order valence-electron chi connectivity index (χ0n) is 7.26.